The highest BCUT2D eigenvalue weighted by molar-refractivity contribution is 6.30. The summed E-state index contributed by atoms with van der Waals surface area (Å²) in [7, 11) is 0. The van der Waals surface area contributed by atoms with Crippen LogP contribution < -0.4 is 11.1 Å². The molecule has 0 bridgehead atoms. The Kier molecular flexibility index (Phi) is 6.68. The van der Waals surface area contributed by atoms with Crippen LogP contribution in [0.4, 0.5) is 0 Å². The van der Waals surface area contributed by atoms with E-state index < -0.39 is 5.76 Å². The molecule has 1 aromatic heterocycles. The highest BCUT2D eigenvalue weighted by Gasteiger charge is 2.22. The molecule has 0 saturated carbocycles. The van der Waals surface area contributed by atoms with E-state index in [4.69, 9.17) is 27.6 Å². The number of amides is 1. The average molecular weight is 469 g/mol. The second-order valence-corrected chi connectivity index (χ2v) is 8.60. The Morgan fingerprint density at radius 3 is 2.19 bits per heavy atom. The Balaban J connectivity index is 1.53. The highest BCUT2D eigenvalue weighted by Crippen LogP contribution is 2.33. The first-order valence-corrected chi connectivity index (χ1v) is 11.0. The summed E-state index contributed by atoms with van der Waals surface area (Å²) in [5, 5.41) is 4.32. The molecule has 32 heavy (non-hydrogen) atoms. The maximum Gasteiger partial charge on any atom is 0.420 e. The topological polar surface area (TPSA) is 64.2 Å². The summed E-state index contributed by atoms with van der Waals surface area (Å²) in [6.45, 7) is 2.40. The molecule has 7 heteroatoms. The number of fused-ring (bicyclic) bond motifs is 1. The Labute approximate surface area is 195 Å². The van der Waals surface area contributed by atoms with Crippen molar-refractivity contribution in [2.24, 2.45) is 0 Å². The predicted octanol–water partition coefficient (Wildman–Crippen LogP) is 5.61. The molecule has 1 N–H and O–H groups in total. The SMILES string of the molecule is CC(c1ccc(Cl)cc1)C(CNC(=O)Cn1c(=O)oc2ccccc21)c1ccc(Cl)cc1. The fourth-order valence-corrected chi connectivity index (χ4v) is 4.13. The molecule has 0 aliphatic carbocycles. The summed E-state index contributed by atoms with van der Waals surface area (Å²) in [5.41, 5.74) is 3.22. The van der Waals surface area contributed by atoms with Gasteiger partial charge < -0.3 is 9.73 Å². The van der Waals surface area contributed by atoms with Gasteiger partial charge in [0.05, 0.1) is 5.52 Å². The first-order valence-electron chi connectivity index (χ1n) is 10.3. The standard InChI is InChI=1S/C25H22Cl2N2O3/c1-16(17-6-10-19(26)11-7-17)21(18-8-12-20(27)13-9-18)14-28-24(30)15-29-22-4-2-3-5-23(22)32-25(29)31/h2-13,16,21H,14-15H2,1H3,(H,28,30). The minimum absolute atomic E-state index is 0.00444. The highest BCUT2D eigenvalue weighted by atomic mass is 35.5. The van der Waals surface area contributed by atoms with Crippen LogP contribution in [0.2, 0.25) is 10.0 Å². The van der Waals surface area contributed by atoms with Gasteiger partial charge in [0.1, 0.15) is 6.54 Å². The van der Waals surface area contributed by atoms with Gasteiger partial charge in [-0.2, -0.15) is 0 Å². The van der Waals surface area contributed by atoms with E-state index in [1.54, 1.807) is 24.3 Å². The Hall–Kier alpha value is -3.02. The van der Waals surface area contributed by atoms with Gasteiger partial charge in [0.25, 0.3) is 0 Å². The molecule has 1 amide bonds. The summed E-state index contributed by atoms with van der Waals surface area (Å²) in [6.07, 6.45) is 0. The molecule has 0 aliphatic heterocycles. The molecule has 0 saturated heterocycles. The summed E-state index contributed by atoms with van der Waals surface area (Å²) in [4.78, 5) is 24.9. The third-order valence-corrected chi connectivity index (χ3v) is 6.20. The van der Waals surface area contributed by atoms with Crippen molar-refractivity contribution in [1.29, 1.82) is 0 Å². The van der Waals surface area contributed by atoms with Gasteiger partial charge in [0.15, 0.2) is 5.58 Å². The molecule has 0 fully saturated rings. The summed E-state index contributed by atoms with van der Waals surface area (Å²) < 4.78 is 6.55. The smallest absolute Gasteiger partial charge is 0.408 e. The van der Waals surface area contributed by atoms with E-state index in [9.17, 15) is 9.59 Å². The fourth-order valence-electron chi connectivity index (χ4n) is 3.88. The van der Waals surface area contributed by atoms with E-state index in [0.29, 0.717) is 27.7 Å². The molecule has 4 rings (SSSR count). The van der Waals surface area contributed by atoms with Crippen LogP contribution in [0, 0.1) is 0 Å². The van der Waals surface area contributed by atoms with Crippen molar-refractivity contribution < 1.29 is 9.21 Å². The maximum absolute atomic E-state index is 12.7. The van der Waals surface area contributed by atoms with E-state index in [-0.39, 0.29) is 24.3 Å². The number of para-hydroxylation sites is 2. The third-order valence-electron chi connectivity index (χ3n) is 5.69. The lowest BCUT2D eigenvalue weighted by Gasteiger charge is -2.25. The zero-order valence-electron chi connectivity index (χ0n) is 17.4. The quantitative estimate of drug-likeness (QED) is 0.383. The third kappa shape index (κ3) is 4.90. The van der Waals surface area contributed by atoms with Gasteiger partial charge in [-0.05, 0) is 53.4 Å². The van der Waals surface area contributed by atoms with Crippen LogP contribution in [0.5, 0.6) is 0 Å². The lowest BCUT2D eigenvalue weighted by Crippen LogP contribution is -2.34. The molecule has 164 valence electrons. The number of hydrogen-bond acceptors (Lipinski definition) is 3. The number of benzene rings is 3. The molecule has 4 aromatic rings. The van der Waals surface area contributed by atoms with Crippen LogP contribution >= 0.6 is 23.2 Å². The van der Waals surface area contributed by atoms with E-state index >= 15 is 0 Å². The van der Waals surface area contributed by atoms with E-state index in [1.165, 1.54) is 4.57 Å². The van der Waals surface area contributed by atoms with Crippen molar-refractivity contribution in [3.05, 3.63) is 105 Å². The van der Waals surface area contributed by atoms with E-state index in [0.717, 1.165) is 11.1 Å². The maximum atomic E-state index is 12.7. The van der Waals surface area contributed by atoms with Gasteiger partial charge in [-0.1, -0.05) is 66.5 Å². The molecule has 5 nitrogen and oxygen atoms in total. The van der Waals surface area contributed by atoms with Crippen molar-refractivity contribution in [2.75, 3.05) is 6.54 Å². The number of aromatic nitrogens is 1. The van der Waals surface area contributed by atoms with Crippen LogP contribution in [-0.4, -0.2) is 17.0 Å². The molecule has 0 spiro atoms. The normalized spacial score (nSPS) is 13.1. The minimum Gasteiger partial charge on any atom is -0.408 e. The van der Waals surface area contributed by atoms with Crippen molar-refractivity contribution in [2.45, 2.75) is 25.3 Å². The molecular formula is C25H22Cl2N2O3. The number of hydrogen-bond donors (Lipinski definition) is 1. The molecule has 0 aliphatic rings. The molecule has 1 heterocycles. The Morgan fingerprint density at radius 1 is 0.938 bits per heavy atom. The Bertz CT molecular complexity index is 1280. The lowest BCUT2D eigenvalue weighted by molar-refractivity contribution is -0.121. The van der Waals surface area contributed by atoms with Crippen LogP contribution in [0.25, 0.3) is 11.1 Å². The summed E-state index contributed by atoms with van der Waals surface area (Å²) in [5.74, 6) is -0.715. The molecular weight excluding hydrogens is 447 g/mol. The first kappa shape index (κ1) is 22.2. The van der Waals surface area contributed by atoms with Crippen LogP contribution in [0.1, 0.15) is 29.9 Å². The van der Waals surface area contributed by atoms with Gasteiger partial charge in [0, 0.05) is 22.5 Å². The number of halogens is 2. The summed E-state index contributed by atoms with van der Waals surface area (Å²) >= 11 is 12.1. The van der Waals surface area contributed by atoms with Crippen molar-refractivity contribution in [1.82, 2.24) is 9.88 Å². The van der Waals surface area contributed by atoms with Crippen LogP contribution in [-0.2, 0) is 11.3 Å². The lowest BCUT2D eigenvalue weighted by atomic mass is 9.82. The molecule has 3 aromatic carbocycles. The monoisotopic (exact) mass is 468 g/mol. The largest absolute Gasteiger partial charge is 0.420 e. The fraction of sp³-hybridized carbons (Fsp3) is 0.200. The van der Waals surface area contributed by atoms with Gasteiger partial charge in [-0.3, -0.25) is 9.36 Å². The van der Waals surface area contributed by atoms with Crippen molar-refractivity contribution in [3.8, 4) is 0 Å². The average Bonchev–Trinajstić information content (AvgIpc) is 3.10. The molecule has 2 atom stereocenters. The second kappa shape index (κ2) is 9.63. The zero-order valence-corrected chi connectivity index (χ0v) is 18.9. The number of nitrogens with zero attached hydrogens (tertiary/aromatic N) is 1. The molecule has 2 unspecified atom stereocenters. The van der Waals surface area contributed by atoms with E-state index in [1.807, 2.05) is 48.5 Å². The van der Waals surface area contributed by atoms with Crippen LogP contribution in [0.15, 0.2) is 82.0 Å². The number of carbonyl (C=O) groups excluding carboxylic acids is 1. The van der Waals surface area contributed by atoms with Gasteiger partial charge >= 0.3 is 5.76 Å². The van der Waals surface area contributed by atoms with Crippen molar-refractivity contribution in [3.63, 3.8) is 0 Å². The van der Waals surface area contributed by atoms with E-state index in [2.05, 4.69) is 12.2 Å². The second-order valence-electron chi connectivity index (χ2n) is 7.72. The Morgan fingerprint density at radius 2 is 1.53 bits per heavy atom. The summed E-state index contributed by atoms with van der Waals surface area (Å²) in [6, 6.07) is 22.4. The van der Waals surface area contributed by atoms with Gasteiger partial charge in [-0.25, -0.2) is 4.79 Å². The van der Waals surface area contributed by atoms with Crippen molar-refractivity contribution >= 4 is 40.2 Å². The number of rotatable bonds is 7. The predicted molar refractivity (Wildman–Crippen MR) is 128 cm³/mol. The van der Waals surface area contributed by atoms with Gasteiger partial charge in [-0.15, -0.1) is 0 Å². The zero-order chi connectivity index (χ0) is 22.7. The molecule has 0 radical (unpaired) electrons. The van der Waals surface area contributed by atoms with Gasteiger partial charge in [0.2, 0.25) is 5.91 Å². The number of carbonyl (C=O) groups is 1. The minimum atomic E-state index is -0.551. The number of nitrogens with one attached hydrogen (secondary N) is 1. The first-order chi connectivity index (χ1) is 15.4. The van der Waals surface area contributed by atoms with Crippen LogP contribution in [0.3, 0.4) is 0 Å². The number of oxazole rings is 1.